The Morgan fingerprint density at radius 2 is 1.72 bits per heavy atom. The van der Waals surface area contributed by atoms with Crippen LogP contribution < -0.4 is 10.1 Å². The lowest BCUT2D eigenvalue weighted by Crippen LogP contribution is -2.04. The summed E-state index contributed by atoms with van der Waals surface area (Å²) in [6.45, 7) is 6.20. The van der Waals surface area contributed by atoms with E-state index in [0.29, 0.717) is 0 Å². The van der Waals surface area contributed by atoms with Gasteiger partial charge in [0.05, 0.1) is 12.3 Å². The highest BCUT2D eigenvalue weighted by molar-refractivity contribution is 5.56. The monoisotopic (exact) mass is 249 g/mol. The number of anilines is 1. The van der Waals surface area contributed by atoms with Gasteiger partial charge in [-0.2, -0.15) is 0 Å². The van der Waals surface area contributed by atoms with E-state index < -0.39 is 0 Å². The van der Waals surface area contributed by atoms with Crippen molar-refractivity contribution in [1.29, 1.82) is 0 Å². The number of hydrogen-bond donors (Lipinski definition) is 1. The average Bonchev–Trinajstić information content (AvgIpc) is 2.41. The van der Waals surface area contributed by atoms with Gasteiger partial charge in [0, 0.05) is 6.54 Å². The van der Waals surface area contributed by atoms with E-state index in [9.17, 15) is 0 Å². The van der Waals surface area contributed by atoms with Crippen LogP contribution in [-0.4, -0.2) is 13.2 Å². The number of benzene rings is 1. The molecule has 0 atom stereocenters. The van der Waals surface area contributed by atoms with Gasteiger partial charge in [0.1, 0.15) is 5.75 Å². The van der Waals surface area contributed by atoms with Crippen LogP contribution >= 0.6 is 0 Å². The molecule has 0 bridgehead atoms. The second-order valence-corrected chi connectivity index (χ2v) is 4.69. The largest absolute Gasteiger partial charge is 0.491 e. The van der Waals surface area contributed by atoms with Crippen LogP contribution in [0.3, 0.4) is 0 Å². The maximum absolute atomic E-state index is 5.72. The first-order chi connectivity index (χ1) is 8.88. The summed E-state index contributed by atoms with van der Waals surface area (Å²) >= 11 is 0. The van der Waals surface area contributed by atoms with Crippen LogP contribution in [0, 0.1) is 0 Å². The third kappa shape index (κ3) is 5.95. The van der Waals surface area contributed by atoms with E-state index >= 15 is 0 Å². The summed E-state index contributed by atoms with van der Waals surface area (Å²) in [4.78, 5) is 0. The summed E-state index contributed by atoms with van der Waals surface area (Å²) in [5.74, 6) is 0.980. The SMILES string of the molecule is CCCCCCCNc1ccccc1OCCC. The van der Waals surface area contributed by atoms with Gasteiger partial charge in [0.25, 0.3) is 0 Å². The molecule has 2 heteroatoms. The summed E-state index contributed by atoms with van der Waals surface area (Å²) in [5.41, 5.74) is 1.13. The van der Waals surface area contributed by atoms with Gasteiger partial charge in [-0.15, -0.1) is 0 Å². The molecule has 0 radical (unpaired) electrons. The maximum Gasteiger partial charge on any atom is 0.142 e. The number of ether oxygens (including phenoxy) is 1. The van der Waals surface area contributed by atoms with Crippen molar-refractivity contribution in [1.82, 2.24) is 0 Å². The Hall–Kier alpha value is -1.18. The Morgan fingerprint density at radius 1 is 0.944 bits per heavy atom. The molecular formula is C16H27NO. The summed E-state index contributed by atoms with van der Waals surface area (Å²) < 4.78 is 5.72. The summed E-state index contributed by atoms with van der Waals surface area (Å²) in [6.07, 6.45) is 7.62. The van der Waals surface area contributed by atoms with Crippen LogP contribution in [0.25, 0.3) is 0 Å². The van der Waals surface area contributed by atoms with E-state index in [4.69, 9.17) is 4.74 Å². The van der Waals surface area contributed by atoms with Crippen molar-refractivity contribution in [3.63, 3.8) is 0 Å². The Balaban J connectivity index is 2.27. The molecule has 0 aliphatic rings. The van der Waals surface area contributed by atoms with Gasteiger partial charge in [-0.25, -0.2) is 0 Å². The van der Waals surface area contributed by atoms with Crippen molar-refractivity contribution < 1.29 is 4.74 Å². The Kier molecular flexibility index (Phi) is 8.11. The fraction of sp³-hybridized carbons (Fsp3) is 0.625. The van der Waals surface area contributed by atoms with Crippen molar-refractivity contribution >= 4 is 5.69 Å². The number of hydrogen-bond acceptors (Lipinski definition) is 2. The molecule has 18 heavy (non-hydrogen) atoms. The maximum atomic E-state index is 5.72. The number of nitrogens with one attached hydrogen (secondary N) is 1. The van der Waals surface area contributed by atoms with E-state index in [1.807, 2.05) is 12.1 Å². The quantitative estimate of drug-likeness (QED) is 0.598. The molecule has 0 saturated heterocycles. The van der Waals surface area contributed by atoms with Crippen molar-refractivity contribution in [3.8, 4) is 5.75 Å². The van der Waals surface area contributed by atoms with Crippen molar-refractivity contribution in [2.24, 2.45) is 0 Å². The minimum Gasteiger partial charge on any atom is -0.491 e. The molecule has 0 amide bonds. The van der Waals surface area contributed by atoms with Crippen molar-refractivity contribution in [3.05, 3.63) is 24.3 Å². The molecule has 0 aliphatic carbocycles. The molecule has 1 rings (SSSR count). The molecule has 1 aromatic carbocycles. The molecule has 0 aromatic heterocycles. The zero-order valence-corrected chi connectivity index (χ0v) is 11.9. The first-order valence-electron chi connectivity index (χ1n) is 7.34. The van der Waals surface area contributed by atoms with E-state index in [1.165, 1.54) is 32.1 Å². The van der Waals surface area contributed by atoms with Gasteiger partial charge in [-0.1, -0.05) is 51.7 Å². The van der Waals surface area contributed by atoms with Crippen LogP contribution in [0.5, 0.6) is 5.75 Å². The molecule has 0 saturated carbocycles. The molecule has 0 fully saturated rings. The van der Waals surface area contributed by atoms with Crippen LogP contribution in [0.4, 0.5) is 5.69 Å². The van der Waals surface area contributed by atoms with Crippen LogP contribution in [-0.2, 0) is 0 Å². The Morgan fingerprint density at radius 3 is 2.50 bits per heavy atom. The lowest BCUT2D eigenvalue weighted by atomic mass is 10.1. The smallest absolute Gasteiger partial charge is 0.142 e. The minimum atomic E-state index is 0.787. The predicted molar refractivity (Wildman–Crippen MR) is 79.5 cm³/mol. The molecule has 102 valence electrons. The highest BCUT2D eigenvalue weighted by Crippen LogP contribution is 2.23. The zero-order valence-electron chi connectivity index (χ0n) is 11.9. The standard InChI is InChI=1S/C16H27NO/c1-3-5-6-7-10-13-17-15-11-8-9-12-16(15)18-14-4-2/h8-9,11-12,17H,3-7,10,13-14H2,1-2H3. The molecule has 1 aromatic rings. The number of rotatable bonds is 10. The predicted octanol–water partition coefficient (Wildman–Crippen LogP) is 4.86. The second kappa shape index (κ2) is 9.81. The summed E-state index contributed by atoms with van der Waals surface area (Å²) in [7, 11) is 0. The Bertz CT molecular complexity index is 312. The first kappa shape index (κ1) is 14.9. The molecule has 0 unspecified atom stereocenters. The third-order valence-electron chi connectivity index (χ3n) is 2.94. The van der Waals surface area contributed by atoms with E-state index in [2.05, 4.69) is 31.3 Å². The molecule has 0 spiro atoms. The van der Waals surface area contributed by atoms with Gasteiger partial charge >= 0.3 is 0 Å². The van der Waals surface area contributed by atoms with Crippen LogP contribution in [0.15, 0.2) is 24.3 Å². The fourth-order valence-corrected chi connectivity index (χ4v) is 1.90. The molecule has 0 heterocycles. The number of unbranched alkanes of at least 4 members (excludes halogenated alkanes) is 4. The van der Waals surface area contributed by atoms with Crippen LogP contribution in [0.1, 0.15) is 52.4 Å². The molecule has 0 aliphatic heterocycles. The molecule has 1 N–H and O–H groups in total. The highest BCUT2D eigenvalue weighted by atomic mass is 16.5. The second-order valence-electron chi connectivity index (χ2n) is 4.69. The molecule has 2 nitrogen and oxygen atoms in total. The zero-order chi connectivity index (χ0) is 13.1. The van der Waals surface area contributed by atoms with E-state index in [1.54, 1.807) is 0 Å². The number of para-hydroxylation sites is 2. The fourth-order valence-electron chi connectivity index (χ4n) is 1.90. The van der Waals surface area contributed by atoms with E-state index in [0.717, 1.165) is 31.0 Å². The lowest BCUT2D eigenvalue weighted by Gasteiger charge is -2.12. The summed E-state index contributed by atoms with van der Waals surface area (Å²) in [5, 5.41) is 3.47. The van der Waals surface area contributed by atoms with Gasteiger partial charge in [-0.05, 0) is 25.0 Å². The van der Waals surface area contributed by atoms with E-state index in [-0.39, 0.29) is 0 Å². The van der Waals surface area contributed by atoms with Crippen LogP contribution in [0.2, 0.25) is 0 Å². The average molecular weight is 249 g/mol. The third-order valence-corrected chi connectivity index (χ3v) is 2.94. The van der Waals surface area contributed by atoms with Gasteiger partial charge in [-0.3, -0.25) is 0 Å². The normalized spacial score (nSPS) is 10.3. The topological polar surface area (TPSA) is 21.3 Å². The lowest BCUT2D eigenvalue weighted by molar-refractivity contribution is 0.319. The highest BCUT2D eigenvalue weighted by Gasteiger charge is 2.01. The minimum absolute atomic E-state index is 0.787. The van der Waals surface area contributed by atoms with Crippen molar-refractivity contribution in [2.75, 3.05) is 18.5 Å². The van der Waals surface area contributed by atoms with Gasteiger partial charge in [0.2, 0.25) is 0 Å². The first-order valence-corrected chi connectivity index (χ1v) is 7.34. The van der Waals surface area contributed by atoms with Crippen molar-refractivity contribution in [2.45, 2.75) is 52.4 Å². The Labute approximate surface area is 112 Å². The van der Waals surface area contributed by atoms with Gasteiger partial charge < -0.3 is 10.1 Å². The molecular weight excluding hydrogens is 222 g/mol. The van der Waals surface area contributed by atoms with Gasteiger partial charge in [0.15, 0.2) is 0 Å². The summed E-state index contributed by atoms with van der Waals surface area (Å²) in [6, 6.07) is 8.21.